The molecule has 0 atom stereocenters. The molecule has 16 heavy (non-hydrogen) atoms. The van der Waals surface area contributed by atoms with Crippen molar-refractivity contribution in [2.45, 2.75) is 70.3 Å². The number of hydrogen-bond acceptors (Lipinski definition) is 3. The molecule has 1 aliphatic rings. The highest BCUT2D eigenvalue weighted by Crippen LogP contribution is 2.30. The highest BCUT2D eigenvalue weighted by molar-refractivity contribution is 5.69. The Morgan fingerprint density at radius 3 is 2.56 bits per heavy atom. The van der Waals surface area contributed by atoms with Gasteiger partial charge in [0.05, 0.1) is 6.61 Å². The van der Waals surface area contributed by atoms with Crippen molar-refractivity contribution in [1.29, 1.82) is 0 Å². The van der Waals surface area contributed by atoms with Crippen molar-refractivity contribution in [2.75, 3.05) is 6.61 Å². The topological polar surface area (TPSA) is 52.3 Å². The van der Waals surface area contributed by atoms with E-state index in [1.807, 2.05) is 6.92 Å². The van der Waals surface area contributed by atoms with E-state index < -0.39 is 0 Å². The van der Waals surface area contributed by atoms with E-state index >= 15 is 0 Å². The second-order valence-corrected chi connectivity index (χ2v) is 4.94. The van der Waals surface area contributed by atoms with Gasteiger partial charge in [-0.25, -0.2) is 0 Å². The number of nitrogens with two attached hydrogens (primary N) is 1. The molecule has 94 valence electrons. The zero-order valence-corrected chi connectivity index (χ0v) is 10.5. The summed E-state index contributed by atoms with van der Waals surface area (Å²) in [6.45, 7) is 2.33. The van der Waals surface area contributed by atoms with Gasteiger partial charge in [0.25, 0.3) is 0 Å². The average molecular weight is 227 g/mol. The average Bonchev–Trinajstić information content (AvgIpc) is 2.26. The number of carbonyl (C=O) groups excluding carboxylic acids is 1. The second-order valence-electron chi connectivity index (χ2n) is 4.94. The Hall–Kier alpha value is -0.570. The number of carbonyl (C=O) groups is 1. The first-order valence-electron chi connectivity index (χ1n) is 6.61. The standard InChI is InChI=1S/C13H25NO2/c1-2-16-12(15)8-4-7-11-13(14)9-5-3-6-10-13/h2-11,14H2,1H3. The maximum Gasteiger partial charge on any atom is 0.305 e. The lowest BCUT2D eigenvalue weighted by Gasteiger charge is -2.33. The molecule has 0 amide bonds. The Kier molecular flexibility index (Phi) is 5.81. The second kappa shape index (κ2) is 6.89. The molecule has 2 N–H and O–H groups in total. The van der Waals surface area contributed by atoms with Gasteiger partial charge in [0, 0.05) is 12.0 Å². The molecule has 0 radical (unpaired) electrons. The molecule has 0 aliphatic heterocycles. The smallest absolute Gasteiger partial charge is 0.305 e. The number of ether oxygens (including phenoxy) is 1. The van der Waals surface area contributed by atoms with Gasteiger partial charge in [-0.05, 0) is 32.6 Å². The van der Waals surface area contributed by atoms with E-state index in [4.69, 9.17) is 10.5 Å². The van der Waals surface area contributed by atoms with Crippen LogP contribution >= 0.6 is 0 Å². The third kappa shape index (κ3) is 4.97. The molecule has 0 saturated heterocycles. The van der Waals surface area contributed by atoms with Crippen LogP contribution in [0.15, 0.2) is 0 Å². The Morgan fingerprint density at radius 1 is 1.25 bits per heavy atom. The molecule has 0 spiro atoms. The van der Waals surface area contributed by atoms with Crippen molar-refractivity contribution in [3.63, 3.8) is 0 Å². The zero-order valence-electron chi connectivity index (χ0n) is 10.5. The van der Waals surface area contributed by atoms with Gasteiger partial charge < -0.3 is 10.5 Å². The summed E-state index contributed by atoms with van der Waals surface area (Å²) >= 11 is 0. The molecular formula is C13H25NO2. The van der Waals surface area contributed by atoms with Crippen molar-refractivity contribution in [3.8, 4) is 0 Å². The highest BCUT2D eigenvalue weighted by atomic mass is 16.5. The summed E-state index contributed by atoms with van der Waals surface area (Å²) < 4.78 is 4.89. The van der Waals surface area contributed by atoms with Crippen molar-refractivity contribution in [2.24, 2.45) is 5.73 Å². The van der Waals surface area contributed by atoms with Gasteiger partial charge in [0.1, 0.15) is 0 Å². The molecule has 0 bridgehead atoms. The van der Waals surface area contributed by atoms with Crippen LogP contribution in [0.1, 0.15) is 64.7 Å². The van der Waals surface area contributed by atoms with Crippen molar-refractivity contribution < 1.29 is 9.53 Å². The molecule has 1 aliphatic carbocycles. The van der Waals surface area contributed by atoms with Crippen LogP contribution in [0.5, 0.6) is 0 Å². The highest BCUT2D eigenvalue weighted by Gasteiger charge is 2.26. The lowest BCUT2D eigenvalue weighted by molar-refractivity contribution is -0.143. The SMILES string of the molecule is CCOC(=O)CCCCC1(N)CCCCC1. The number of hydrogen-bond donors (Lipinski definition) is 1. The molecule has 1 saturated carbocycles. The molecule has 1 fully saturated rings. The third-order valence-corrected chi connectivity index (χ3v) is 3.46. The fraction of sp³-hybridized carbons (Fsp3) is 0.923. The molecule has 0 heterocycles. The van der Waals surface area contributed by atoms with Crippen LogP contribution < -0.4 is 5.73 Å². The summed E-state index contributed by atoms with van der Waals surface area (Å²) in [4.78, 5) is 11.1. The summed E-state index contributed by atoms with van der Waals surface area (Å²) in [5.74, 6) is -0.0720. The van der Waals surface area contributed by atoms with E-state index in [-0.39, 0.29) is 11.5 Å². The first kappa shape index (κ1) is 13.5. The van der Waals surface area contributed by atoms with Gasteiger partial charge in [-0.1, -0.05) is 25.7 Å². The van der Waals surface area contributed by atoms with Crippen LogP contribution in [0.3, 0.4) is 0 Å². The Morgan fingerprint density at radius 2 is 1.94 bits per heavy atom. The van der Waals surface area contributed by atoms with Gasteiger partial charge in [-0.3, -0.25) is 4.79 Å². The lowest BCUT2D eigenvalue weighted by atomic mass is 9.79. The first-order chi connectivity index (χ1) is 7.66. The molecule has 0 aromatic carbocycles. The molecular weight excluding hydrogens is 202 g/mol. The van der Waals surface area contributed by atoms with Crippen LogP contribution in [0.4, 0.5) is 0 Å². The van der Waals surface area contributed by atoms with Crippen molar-refractivity contribution in [1.82, 2.24) is 0 Å². The minimum atomic E-state index is -0.0720. The molecule has 0 unspecified atom stereocenters. The summed E-state index contributed by atoms with van der Waals surface area (Å²) in [6.07, 6.45) is 9.77. The predicted octanol–water partition coefficient (Wildman–Crippen LogP) is 2.77. The normalized spacial score (nSPS) is 19.4. The van der Waals surface area contributed by atoms with Gasteiger partial charge in [-0.15, -0.1) is 0 Å². The summed E-state index contributed by atoms with van der Waals surface area (Å²) in [5.41, 5.74) is 6.38. The predicted molar refractivity (Wildman–Crippen MR) is 65.1 cm³/mol. The monoisotopic (exact) mass is 227 g/mol. The van der Waals surface area contributed by atoms with Crippen molar-refractivity contribution in [3.05, 3.63) is 0 Å². The minimum absolute atomic E-state index is 0.0624. The van der Waals surface area contributed by atoms with Crippen molar-refractivity contribution >= 4 is 5.97 Å². The molecule has 3 nitrogen and oxygen atoms in total. The lowest BCUT2D eigenvalue weighted by Crippen LogP contribution is -2.41. The van der Waals surface area contributed by atoms with Gasteiger partial charge in [-0.2, -0.15) is 0 Å². The molecule has 0 aromatic rings. The Labute approximate surface area is 98.7 Å². The first-order valence-corrected chi connectivity index (χ1v) is 6.61. The number of esters is 1. The minimum Gasteiger partial charge on any atom is -0.466 e. The van der Waals surface area contributed by atoms with Crippen LogP contribution in [0, 0.1) is 0 Å². The summed E-state index contributed by atoms with van der Waals surface area (Å²) in [7, 11) is 0. The van der Waals surface area contributed by atoms with Gasteiger partial charge in [0.15, 0.2) is 0 Å². The number of rotatable bonds is 6. The van der Waals surface area contributed by atoms with Gasteiger partial charge >= 0.3 is 5.97 Å². The molecule has 0 aromatic heterocycles. The van der Waals surface area contributed by atoms with E-state index in [9.17, 15) is 4.79 Å². The largest absolute Gasteiger partial charge is 0.466 e. The summed E-state index contributed by atoms with van der Waals surface area (Å²) in [5, 5.41) is 0. The van der Waals surface area contributed by atoms with Gasteiger partial charge in [0.2, 0.25) is 0 Å². The fourth-order valence-corrected chi connectivity index (χ4v) is 2.49. The van der Waals surface area contributed by atoms with E-state index in [2.05, 4.69) is 0 Å². The zero-order chi connectivity index (χ0) is 11.9. The maximum absolute atomic E-state index is 11.1. The molecule has 1 rings (SSSR count). The van der Waals surface area contributed by atoms with E-state index in [0.717, 1.165) is 32.1 Å². The summed E-state index contributed by atoms with van der Waals surface area (Å²) in [6, 6.07) is 0. The quantitative estimate of drug-likeness (QED) is 0.560. The maximum atomic E-state index is 11.1. The number of unbranched alkanes of at least 4 members (excludes halogenated alkanes) is 1. The molecule has 3 heteroatoms. The van der Waals surface area contributed by atoms with Crippen LogP contribution in [-0.4, -0.2) is 18.1 Å². The third-order valence-electron chi connectivity index (χ3n) is 3.46. The van der Waals surface area contributed by atoms with E-state index in [1.165, 1.54) is 19.3 Å². The van der Waals surface area contributed by atoms with E-state index in [1.54, 1.807) is 0 Å². The Balaban J connectivity index is 2.07. The van der Waals surface area contributed by atoms with Crippen LogP contribution in [0.2, 0.25) is 0 Å². The van der Waals surface area contributed by atoms with Crippen LogP contribution in [0.25, 0.3) is 0 Å². The van der Waals surface area contributed by atoms with E-state index in [0.29, 0.717) is 13.0 Å². The fourth-order valence-electron chi connectivity index (χ4n) is 2.49. The Bertz CT molecular complexity index is 210. The van der Waals surface area contributed by atoms with Crippen LogP contribution in [-0.2, 0) is 9.53 Å².